The molecule has 0 fully saturated rings. The van der Waals surface area contributed by atoms with E-state index < -0.39 is 0 Å². The fourth-order valence-electron chi connectivity index (χ4n) is 1.04. The van der Waals surface area contributed by atoms with Crippen LogP contribution in [0.5, 0.6) is 0 Å². The van der Waals surface area contributed by atoms with Gasteiger partial charge in [-0.1, -0.05) is 5.16 Å². The van der Waals surface area contributed by atoms with Gasteiger partial charge in [-0.05, 0) is 13.8 Å². The maximum absolute atomic E-state index is 4.93. The van der Waals surface area contributed by atoms with Crippen molar-refractivity contribution >= 4 is 0 Å². The summed E-state index contributed by atoms with van der Waals surface area (Å²) < 4.78 is 4.93. The van der Waals surface area contributed by atoms with E-state index in [9.17, 15) is 0 Å². The van der Waals surface area contributed by atoms with Gasteiger partial charge >= 0.3 is 0 Å². The van der Waals surface area contributed by atoms with Gasteiger partial charge in [-0.25, -0.2) is 4.98 Å². The minimum atomic E-state index is 0.799. The SMILES string of the molecule is Cc1ncc(-c2cc(C)on2)[nH]1. The summed E-state index contributed by atoms with van der Waals surface area (Å²) in [6.07, 6.45) is 1.74. The number of nitrogens with zero attached hydrogens (tertiary/aromatic N) is 2. The van der Waals surface area contributed by atoms with Crippen LogP contribution in [0, 0.1) is 13.8 Å². The van der Waals surface area contributed by atoms with Gasteiger partial charge in [0, 0.05) is 6.07 Å². The molecule has 2 heterocycles. The molecule has 0 aliphatic carbocycles. The van der Waals surface area contributed by atoms with Crippen LogP contribution in [0.25, 0.3) is 11.4 Å². The second kappa shape index (κ2) is 2.48. The van der Waals surface area contributed by atoms with Gasteiger partial charge < -0.3 is 9.51 Å². The standard InChI is InChI=1S/C8H9N3O/c1-5-3-7(11-12-5)8-4-9-6(2)10-8/h3-4H,1-2H3,(H,9,10). The van der Waals surface area contributed by atoms with Crippen LogP contribution < -0.4 is 0 Å². The van der Waals surface area contributed by atoms with E-state index in [-0.39, 0.29) is 0 Å². The minimum absolute atomic E-state index is 0.799. The van der Waals surface area contributed by atoms with Crippen LogP contribution in [0.15, 0.2) is 16.8 Å². The fraction of sp³-hybridized carbons (Fsp3) is 0.250. The van der Waals surface area contributed by atoms with Crippen molar-refractivity contribution in [1.82, 2.24) is 15.1 Å². The van der Waals surface area contributed by atoms with Crippen molar-refractivity contribution in [3.8, 4) is 11.4 Å². The van der Waals surface area contributed by atoms with Crippen molar-refractivity contribution < 1.29 is 4.52 Å². The number of imidazole rings is 1. The number of H-pyrrole nitrogens is 1. The lowest BCUT2D eigenvalue weighted by molar-refractivity contribution is 0.399. The summed E-state index contributed by atoms with van der Waals surface area (Å²) >= 11 is 0. The lowest BCUT2D eigenvalue weighted by atomic mass is 10.3. The molecule has 12 heavy (non-hydrogen) atoms. The zero-order valence-electron chi connectivity index (χ0n) is 6.96. The molecular weight excluding hydrogens is 154 g/mol. The summed E-state index contributed by atoms with van der Waals surface area (Å²) in [5, 5.41) is 3.85. The van der Waals surface area contributed by atoms with Crippen molar-refractivity contribution in [2.24, 2.45) is 0 Å². The van der Waals surface area contributed by atoms with Gasteiger partial charge in [-0.15, -0.1) is 0 Å². The highest BCUT2D eigenvalue weighted by Gasteiger charge is 2.04. The van der Waals surface area contributed by atoms with Crippen molar-refractivity contribution in [2.75, 3.05) is 0 Å². The van der Waals surface area contributed by atoms with Crippen molar-refractivity contribution in [3.05, 3.63) is 23.8 Å². The molecule has 62 valence electrons. The summed E-state index contributed by atoms with van der Waals surface area (Å²) in [6.45, 7) is 3.76. The molecule has 0 atom stereocenters. The first kappa shape index (κ1) is 7.09. The first-order valence-electron chi connectivity index (χ1n) is 3.71. The van der Waals surface area contributed by atoms with E-state index in [4.69, 9.17) is 4.52 Å². The molecule has 0 bridgehead atoms. The van der Waals surface area contributed by atoms with Crippen LogP contribution in [0.3, 0.4) is 0 Å². The zero-order chi connectivity index (χ0) is 8.55. The average molecular weight is 163 g/mol. The zero-order valence-corrected chi connectivity index (χ0v) is 6.96. The summed E-state index contributed by atoms with van der Waals surface area (Å²) in [5.41, 5.74) is 1.69. The first-order valence-corrected chi connectivity index (χ1v) is 3.71. The van der Waals surface area contributed by atoms with Gasteiger partial charge in [0.05, 0.1) is 11.9 Å². The van der Waals surface area contributed by atoms with Crippen LogP contribution in [0.2, 0.25) is 0 Å². The molecule has 0 aliphatic rings. The van der Waals surface area contributed by atoms with E-state index in [1.807, 2.05) is 19.9 Å². The lowest BCUT2D eigenvalue weighted by Crippen LogP contribution is -1.76. The number of aromatic nitrogens is 3. The molecule has 0 unspecified atom stereocenters. The van der Waals surface area contributed by atoms with Crippen LogP contribution in [0.4, 0.5) is 0 Å². The quantitative estimate of drug-likeness (QED) is 0.695. The second-order valence-corrected chi connectivity index (χ2v) is 2.71. The molecule has 2 aromatic rings. The smallest absolute Gasteiger partial charge is 0.134 e. The third kappa shape index (κ3) is 1.11. The number of nitrogens with one attached hydrogen (secondary N) is 1. The Balaban J connectivity index is 2.43. The monoisotopic (exact) mass is 163 g/mol. The predicted molar refractivity (Wildman–Crippen MR) is 43.6 cm³/mol. The Morgan fingerprint density at radius 1 is 1.42 bits per heavy atom. The fourth-order valence-corrected chi connectivity index (χ4v) is 1.04. The molecular formula is C8H9N3O. The summed E-state index contributed by atoms with van der Waals surface area (Å²) in [5.74, 6) is 1.68. The number of aryl methyl sites for hydroxylation is 2. The largest absolute Gasteiger partial charge is 0.361 e. The Morgan fingerprint density at radius 2 is 2.25 bits per heavy atom. The number of hydrogen-bond acceptors (Lipinski definition) is 3. The van der Waals surface area contributed by atoms with Gasteiger partial charge in [-0.3, -0.25) is 0 Å². The van der Waals surface area contributed by atoms with E-state index in [1.165, 1.54) is 0 Å². The molecule has 0 aliphatic heterocycles. The van der Waals surface area contributed by atoms with Gasteiger partial charge in [0.2, 0.25) is 0 Å². The second-order valence-electron chi connectivity index (χ2n) is 2.71. The number of aromatic amines is 1. The predicted octanol–water partition coefficient (Wildman–Crippen LogP) is 1.68. The van der Waals surface area contributed by atoms with E-state index in [0.717, 1.165) is 23.0 Å². The lowest BCUT2D eigenvalue weighted by Gasteiger charge is -1.84. The maximum atomic E-state index is 4.93. The summed E-state index contributed by atoms with van der Waals surface area (Å²) in [4.78, 5) is 7.14. The Bertz CT molecular complexity index is 350. The Morgan fingerprint density at radius 3 is 2.75 bits per heavy atom. The van der Waals surface area contributed by atoms with Crippen molar-refractivity contribution in [1.29, 1.82) is 0 Å². The Kier molecular flexibility index (Phi) is 1.46. The van der Waals surface area contributed by atoms with Crippen LogP contribution >= 0.6 is 0 Å². The van der Waals surface area contributed by atoms with Gasteiger partial charge in [-0.2, -0.15) is 0 Å². The number of rotatable bonds is 1. The van der Waals surface area contributed by atoms with Crippen molar-refractivity contribution in [2.45, 2.75) is 13.8 Å². The number of hydrogen-bond donors (Lipinski definition) is 1. The van der Waals surface area contributed by atoms with Crippen molar-refractivity contribution in [3.63, 3.8) is 0 Å². The normalized spacial score (nSPS) is 10.5. The molecule has 2 rings (SSSR count). The molecule has 2 aromatic heterocycles. The first-order chi connectivity index (χ1) is 5.75. The average Bonchev–Trinajstić information content (AvgIpc) is 2.58. The van der Waals surface area contributed by atoms with Crippen LogP contribution in [0.1, 0.15) is 11.6 Å². The molecule has 0 spiro atoms. The summed E-state index contributed by atoms with van der Waals surface area (Å²) in [6, 6.07) is 1.87. The van der Waals surface area contributed by atoms with Gasteiger partial charge in [0.1, 0.15) is 17.3 Å². The molecule has 0 radical (unpaired) electrons. The van der Waals surface area contributed by atoms with E-state index >= 15 is 0 Å². The van der Waals surface area contributed by atoms with Gasteiger partial charge in [0.15, 0.2) is 0 Å². The highest BCUT2D eigenvalue weighted by Crippen LogP contribution is 2.15. The molecule has 0 saturated carbocycles. The van der Waals surface area contributed by atoms with Crippen LogP contribution in [-0.2, 0) is 0 Å². The molecule has 0 amide bonds. The summed E-state index contributed by atoms with van der Waals surface area (Å²) in [7, 11) is 0. The molecule has 0 aromatic carbocycles. The van der Waals surface area contributed by atoms with Gasteiger partial charge in [0.25, 0.3) is 0 Å². The highest BCUT2D eigenvalue weighted by molar-refractivity contribution is 5.52. The topological polar surface area (TPSA) is 54.7 Å². The highest BCUT2D eigenvalue weighted by atomic mass is 16.5. The Labute approximate surface area is 69.6 Å². The van der Waals surface area contributed by atoms with Crippen LogP contribution in [-0.4, -0.2) is 15.1 Å². The molecule has 1 N–H and O–H groups in total. The molecule has 4 nitrogen and oxygen atoms in total. The minimum Gasteiger partial charge on any atom is -0.361 e. The van der Waals surface area contributed by atoms with E-state index in [1.54, 1.807) is 6.20 Å². The third-order valence-corrected chi connectivity index (χ3v) is 1.61. The van der Waals surface area contributed by atoms with E-state index in [2.05, 4.69) is 15.1 Å². The molecule has 0 saturated heterocycles. The maximum Gasteiger partial charge on any atom is 0.134 e. The third-order valence-electron chi connectivity index (χ3n) is 1.61. The Hall–Kier alpha value is -1.58. The molecule has 4 heteroatoms. The van der Waals surface area contributed by atoms with E-state index in [0.29, 0.717) is 0 Å².